The van der Waals surface area contributed by atoms with Gasteiger partial charge in [-0.05, 0) is 0 Å². The van der Waals surface area contributed by atoms with Crippen molar-refractivity contribution < 1.29 is 0 Å². The Bertz CT molecular complexity index is 145. The molecule has 1 atom stereocenters. The molecule has 0 radical (unpaired) electrons. The van der Waals surface area contributed by atoms with Crippen molar-refractivity contribution in [3.63, 3.8) is 0 Å². The average Bonchev–Trinajstić information content (AvgIpc) is 2.14. The second-order valence-corrected chi connectivity index (χ2v) is 2.24. The van der Waals surface area contributed by atoms with Gasteiger partial charge in [-0.3, -0.25) is 0 Å². The first-order chi connectivity index (χ1) is 3.43. The molecule has 0 saturated heterocycles. The van der Waals surface area contributed by atoms with Crippen LogP contribution < -0.4 is 5.44 Å². The Morgan fingerprint density at radius 2 is 2.71 bits per heavy atom. The van der Waals surface area contributed by atoms with Gasteiger partial charge in [0.05, 0.1) is 18.0 Å². The van der Waals surface area contributed by atoms with E-state index in [4.69, 9.17) is 0 Å². The standard InChI is InChI=1S/C4H7N2P/c1-7-4-2-5-3-6-4/h2-3H,1,7H2,(H,5,6). The van der Waals surface area contributed by atoms with Crippen molar-refractivity contribution in [1.82, 2.24) is 9.97 Å². The van der Waals surface area contributed by atoms with E-state index in [1.54, 1.807) is 6.33 Å². The molecule has 0 saturated carbocycles. The SMILES string of the molecule is C=[PH2]c1cnc[nH]1. The van der Waals surface area contributed by atoms with Gasteiger partial charge in [-0.25, -0.2) is 4.98 Å². The fourth-order valence-electron chi connectivity index (χ4n) is 0.378. The predicted molar refractivity (Wildman–Crippen MR) is 35.1 cm³/mol. The van der Waals surface area contributed by atoms with E-state index in [2.05, 4.69) is 16.3 Å². The van der Waals surface area contributed by atoms with Crippen molar-refractivity contribution in [2.24, 2.45) is 0 Å². The van der Waals surface area contributed by atoms with E-state index in [9.17, 15) is 0 Å². The Labute approximate surface area is 43.4 Å². The fourth-order valence-corrected chi connectivity index (χ4v) is 0.762. The number of nitrogens with one attached hydrogen (secondary N) is 1. The molecule has 3 heteroatoms. The van der Waals surface area contributed by atoms with Gasteiger partial charge in [0, 0.05) is 0 Å². The summed E-state index contributed by atoms with van der Waals surface area (Å²) in [5.74, 6) is 0. The fraction of sp³-hybridized carbons (Fsp3) is 0. The second kappa shape index (κ2) is 1.99. The molecule has 0 aliphatic rings. The zero-order chi connectivity index (χ0) is 5.11. The maximum atomic E-state index is 3.82. The summed E-state index contributed by atoms with van der Waals surface area (Å²) in [7, 11) is 0.176. The van der Waals surface area contributed by atoms with Crippen LogP contribution in [0.5, 0.6) is 0 Å². The molecule has 0 aliphatic heterocycles. The molecule has 0 amide bonds. The normalized spacial score (nSPS) is 10.9. The van der Waals surface area contributed by atoms with Gasteiger partial charge in [-0.2, -0.15) is 0 Å². The summed E-state index contributed by atoms with van der Waals surface area (Å²) in [6, 6.07) is 0. The van der Waals surface area contributed by atoms with Crippen LogP contribution in [0.3, 0.4) is 0 Å². The summed E-state index contributed by atoms with van der Waals surface area (Å²) >= 11 is 0. The summed E-state index contributed by atoms with van der Waals surface area (Å²) < 4.78 is 0. The molecule has 0 spiro atoms. The summed E-state index contributed by atoms with van der Waals surface area (Å²) in [6.45, 7) is 0. The first kappa shape index (κ1) is 4.66. The lowest BCUT2D eigenvalue weighted by molar-refractivity contribution is 1.32. The molecule has 38 valence electrons. The second-order valence-electron chi connectivity index (χ2n) is 1.21. The van der Waals surface area contributed by atoms with Gasteiger partial charge in [0.15, 0.2) is 0 Å². The first-order valence-electron chi connectivity index (χ1n) is 2.04. The van der Waals surface area contributed by atoms with E-state index in [-0.39, 0.29) is 8.20 Å². The minimum Gasteiger partial charge on any atom is -0.345 e. The quantitative estimate of drug-likeness (QED) is 0.506. The highest BCUT2D eigenvalue weighted by Gasteiger charge is 1.77. The number of aromatic nitrogens is 2. The van der Waals surface area contributed by atoms with Gasteiger partial charge < -0.3 is 4.98 Å². The van der Waals surface area contributed by atoms with Crippen LogP contribution >= 0.6 is 8.20 Å². The van der Waals surface area contributed by atoms with Crippen LogP contribution in [0, 0.1) is 0 Å². The lowest BCUT2D eigenvalue weighted by atomic mass is 11.0. The van der Waals surface area contributed by atoms with E-state index >= 15 is 0 Å². The van der Waals surface area contributed by atoms with Crippen LogP contribution in [-0.2, 0) is 0 Å². The summed E-state index contributed by atoms with van der Waals surface area (Å²) in [6.07, 6.45) is 7.22. The largest absolute Gasteiger partial charge is 0.345 e. The molecule has 1 heterocycles. The Kier molecular flexibility index (Phi) is 1.32. The topological polar surface area (TPSA) is 28.7 Å². The van der Waals surface area contributed by atoms with Crippen molar-refractivity contribution in [2.45, 2.75) is 0 Å². The molecule has 1 unspecified atom stereocenters. The van der Waals surface area contributed by atoms with E-state index in [1.165, 1.54) is 5.44 Å². The molecular formula is C4H7N2P. The van der Waals surface area contributed by atoms with Crippen molar-refractivity contribution >= 4 is 19.9 Å². The lowest BCUT2D eigenvalue weighted by Gasteiger charge is -1.73. The third-order valence-corrected chi connectivity index (χ3v) is 1.49. The number of rotatable bonds is 1. The zero-order valence-corrected chi connectivity index (χ0v) is 5.04. The van der Waals surface area contributed by atoms with Crippen LogP contribution in [0.1, 0.15) is 0 Å². The van der Waals surface area contributed by atoms with Gasteiger partial charge in [0.1, 0.15) is 0 Å². The van der Waals surface area contributed by atoms with Crippen molar-refractivity contribution in [2.75, 3.05) is 0 Å². The Balaban J connectivity index is 2.96. The minimum absolute atomic E-state index is 0.176. The average molecular weight is 114 g/mol. The Morgan fingerprint density at radius 3 is 3.00 bits per heavy atom. The molecule has 1 aromatic heterocycles. The smallest absolute Gasteiger partial charge is 0.0924 e. The number of hydrogen-bond acceptors (Lipinski definition) is 1. The van der Waals surface area contributed by atoms with Crippen LogP contribution in [-0.4, -0.2) is 16.3 Å². The van der Waals surface area contributed by atoms with Crippen LogP contribution in [0.4, 0.5) is 0 Å². The highest BCUT2D eigenvalue weighted by Crippen LogP contribution is 1.84. The van der Waals surface area contributed by atoms with Gasteiger partial charge in [0.2, 0.25) is 0 Å². The van der Waals surface area contributed by atoms with E-state index in [0.29, 0.717) is 0 Å². The third kappa shape index (κ3) is 0.937. The summed E-state index contributed by atoms with van der Waals surface area (Å²) in [4.78, 5) is 6.77. The van der Waals surface area contributed by atoms with Gasteiger partial charge in [-0.15, -0.1) is 6.30 Å². The molecule has 0 aliphatic carbocycles. The number of aromatic amines is 1. The van der Waals surface area contributed by atoms with Crippen LogP contribution in [0.2, 0.25) is 0 Å². The van der Waals surface area contributed by atoms with Crippen LogP contribution in [0.25, 0.3) is 0 Å². The monoisotopic (exact) mass is 114 g/mol. The minimum atomic E-state index is 0.176. The molecule has 2 nitrogen and oxygen atoms in total. The van der Waals surface area contributed by atoms with Gasteiger partial charge >= 0.3 is 0 Å². The van der Waals surface area contributed by atoms with E-state index in [0.717, 1.165) is 0 Å². The predicted octanol–water partition coefficient (Wildman–Crippen LogP) is -0.122. The molecule has 0 fully saturated rings. The number of hydrogen-bond donors (Lipinski definition) is 1. The molecular weight excluding hydrogens is 107 g/mol. The highest BCUT2D eigenvalue weighted by atomic mass is 31.1. The van der Waals surface area contributed by atoms with E-state index < -0.39 is 0 Å². The highest BCUT2D eigenvalue weighted by molar-refractivity contribution is 7.45. The number of nitrogens with zero attached hydrogens (tertiary/aromatic N) is 1. The molecule has 7 heavy (non-hydrogen) atoms. The zero-order valence-electron chi connectivity index (χ0n) is 3.89. The third-order valence-electron chi connectivity index (χ3n) is 0.739. The van der Waals surface area contributed by atoms with E-state index in [1.807, 2.05) is 6.20 Å². The Morgan fingerprint density at radius 1 is 1.86 bits per heavy atom. The lowest BCUT2D eigenvalue weighted by Crippen LogP contribution is -1.86. The maximum absolute atomic E-state index is 3.82. The summed E-state index contributed by atoms with van der Waals surface area (Å²) in [5, 5.41) is 0. The molecule has 1 rings (SSSR count). The number of H-pyrrole nitrogens is 1. The Hall–Kier alpha value is -0.490. The maximum Gasteiger partial charge on any atom is 0.0924 e. The molecule has 0 aromatic carbocycles. The summed E-state index contributed by atoms with van der Waals surface area (Å²) in [5.41, 5.74) is 1.17. The van der Waals surface area contributed by atoms with Gasteiger partial charge in [0.25, 0.3) is 0 Å². The van der Waals surface area contributed by atoms with Crippen molar-refractivity contribution in [1.29, 1.82) is 0 Å². The molecule has 1 N–H and O–H groups in total. The molecule has 0 bridgehead atoms. The molecule has 1 aromatic rings. The van der Waals surface area contributed by atoms with Crippen LogP contribution in [0.15, 0.2) is 12.5 Å². The van der Waals surface area contributed by atoms with Crippen molar-refractivity contribution in [3.05, 3.63) is 12.5 Å². The van der Waals surface area contributed by atoms with Gasteiger partial charge in [-0.1, -0.05) is 8.20 Å². The van der Waals surface area contributed by atoms with Crippen molar-refractivity contribution in [3.8, 4) is 0 Å². The number of imidazole rings is 1. The first-order valence-corrected chi connectivity index (χ1v) is 3.43.